The van der Waals surface area contributed by atoms with Crippen LogP contribution in [0.2, 0.25) is 0 Å². The van der Waals surface area contributed by atoms with Crippen molar-refractivity contribution in [1.29, 1.82) is 0 Å². The molecule has 1 aliphatic heterocycles. The predicted octanol–water partition coefficient (Wildman–Crippen LogP) is 2.74. The molecule has 0 aromatic heterocycles. The monoisotopic (exact) mass is 292 g/mol. The van der Waals surface area contributed by atoms with Gasteiger partial charge in [-0.25, -0.2) is 0 Å². The number of hydrogen-bond donors (Lipinski definition) is 1. The van der Waals surface area contributed by atoms with Crippen LogP contribution in [0, 0.1) is 0 Å². The smallest absolute Gasteiger partial charge is 0.0678 e. The standard InChI is InChI=1S/C17H28N2O2/c1-13(12-20-4)18-17-7-5-6-16(8-17)11-19-9-14(2)21-15(3)10-19/h5-8,13-15,18H,9-12H2,1-4H3/t13-,14+,15+/m0/s1. The minimum atomic E-state index is 0.314. The Kier molecular flexibility index (Phi) is 6.03. The summed E-state index contributed by atoms with van der Waals surface area (Å²) in [6.07, 6.45) is 0.633. The van der Waals surface area contributed by atoms with E-state index in [1.165, 1.54) is 5.56 Å². The minimum Gasteiger partial charge on any atom is -0.383 e. The van der Waals surface area contributed by atoms with E-state index in [1.54, 1.807) is 7.11 Å². The Morgan fingerprint density at radius 1 is 1.33 bits per heavy atom. The van der Waals surface area contributed by atoms with Gasteiger partial charge in [0.15, 0.2) is 0 Å². The quantitative estimate of drug-likeness (QED) is 0.874. The van der Waals surface area contributed by atoms with E-state index in [2.05, 4.69) is 55.3 Å². The van der Waals surface area contributed by atoms with Crippen LogP contribution in [0.3, 0.4) is 0 Å². The summed E-state index contributed by atoms with van der Waals surface area (Å²) in [6, 6.07) is 8.97. The Balaban J connectivity index is 1.94. The van der Waals surface area contributed by atoms with Crippen molar-refractivity contribution in [2.24, 2.45) is 0 Å². The average Bonchev–Trinajstić information content (AvgIpc) is 2.37. The third kappa shape index (κ3) is 5.30. The van der Waals surface area contributed by atoms with Crippen LogP contribution in [-0.2, 0) is 16.0 Å². The van der Waals surface area contributed by atoms with E-state index in [0.717, 1.165) is 25.3 Å². The third-order valence-electron chi connectivity index (χ3n) is 3.66. The summed E-state index contributed by atoms with van der Waals surface area (Å²) in [5, 5.41) is 3.47. The summed E-state index contributed by atoms with van der Waals surface area (Å²) in [5.41, 5.74) is 2.50. The van der Waals surface area contributed by atoms with E-state index in [4.69, 9.17) is 9.47 Å². The number of hydrogen-bond acceptors (Lipinski definition) is 4. The zero-order valence-corrected chi connectivity index (χ0v) is 13.6. The summed E-state index contributed by atoms with van der Waals surface area (Å²) in [6.45, 7) is 10.1. The van der Waals surface area contributed by atoms with Gasteiger partial charge in [-0.05, 0) is 38.5 Å². The fourth-order valence-corrected chi connectivity index (χ4v) is 3.01. The van der Waals surface area contributed by atoms with Crippen molar-refractivity contribution in [1.82, 2.24) is 4.90 Å². The van der Waals surface area contributed by atoms with Gasteiger partial charge >= 0.3 is 0 Å². The number of morpholine rings is 1. The number of benzene rings is 1. The highest BCUT2D eigenvalue weighted by Gasteiger charge is 2.22. The lowest BCUT2D eigenvalue weighted by atomic mass is 10.1. The molecule has 0 amide bonds. The van der Waals surface area contributed by atoms with Crippen molar-refractivity contribution in [3.8, 4) is 0 Å². The van der Waals surface area contributed by atoms with Crippen LogP contribution in [0.25, 0.3) is 0 Å². The molecule has 0 aliphatic carbocycles. The van der Waals surface area contributed by atoms with Gasteiger partial charge in [0.2, 0.25) is 0 Å². The molecule has 1 aliphatic rings. The fraction of sp³-hybridized carbons (Fsp3) is 0.647. The van der Waals surface area contributed by atoms with Crippen molar-refractivity contribution in [3.63, 3.8) is 0 Å². The van der Waals surface area contributed by atoms with Crippen molar-refractivity contribution in [2.45, 2.75) is 45.6 Å². The van der Waals surface area contributed by atoms with Gasteiger partial charge in [0, 0.05) is 38.5 Å². The molecule has 1 saturated heterocycles. The highest BCUT2D eigenvalue weighted by atomic mass is 16.5. The number of anilines is 1. The Labute approximate surface area is 128 Å². The molecule has 1 heterocycles. The van der Waals surface area contributed by atoms with Gasteiger partial charge in [0.25, 0.3) is 0 Å². The summed E-state index contributed by atoms with van der Waals surface area (Å²) >= 11 is 0. The minimum absolute atomic E-state index is 0.314. The second kappa shape index (κ2) is 7.78. The first kappa shape index (κ1) is 16.3. The molecule has 1 N–H and O–H groups in total. The second-order valence-electron chi connectivity index (χ2n) is 6.15. The number of nitrogens with one attached hydrogen (secondary N) is 1. The van der Waals surface area contributed by atoms with Crippen LogP contribution in [0.15, 0.2) is 24.3 Å². The van der Waals surface area contributed by atoms with Gasteiger partial charge in [0.05, 0.1) is 18.8 Å². The van der Waals surface area contributed by atoms with Crippen molar-refractivity contribution in [3.05, 3.63) is 29.8 Å². The molecule has 0 radical (unpaired) electrons. The first-order valence-electron chi connectivity index (χ1n) is 7.79. The molecule has 1 aromatic carbocycles. The van der Waals surface area contributed by atoms with E-state index in [0.29, 0.717) is 24.9 Å². The summed E-state index contributed by atoms with van der Waals surface area (Å²) in [7, 11) is 1.73. The van der Waals surface area contributed by atoms with Crippen molar-refractivity contribution < 1.29 is 9.47 Å². The normalized spacial score (nSPS) is 24.8. The van der Waals surface area contributed by atoms with Crippen molar-refractivity contribution >= 4 is 5.69 Å². The maximum Gasteiger partial charge on any atom is 0.0678 e. The molecule has 2 rings (SSSR count). The van der Waals surface area contributed by atoms with E-state index >= 15 is 0 Å². The second-order valence-corrected chi connectivity index (χ2v) is 6.15. The molecule has 118 valence electrons. The number of rotatable bonds is 6. The van der Waals surface area contributed by atoms with E-state index in [1.807, 2.05) is 0 Å². The van der Waals surface area contributed by atoms with Gasteiger partial charge < -0.3 is 14.8 Å². The van der Waals surface area contributed by atoms with Gasteiger partial charge in [-0.2, -0.15) is 0 Å². The van der Waals surface area contributed by atoms with E-state index in [-0.39, 0.29) is 0 Å². The molecular weight excluding hydrogens is 264 g/mol. The maximum absolute atomic E-state index is 5.79. The zero-order chi connectivity index (χ0) is 15.2. The molecule has 0 spiro atoms. The SMILES string of the molecule is COC[C@H](C)Nc1cccc(CN2C[C@@H](C)O[C@H](C)C2)c1. The Morgan fingerprint density at radius 3 is 2.71 bits per heavy atom. The lowest BCUT2D eigenvalue weighted by Crippen LogP contribution is -2.44. The van der Waals surface area contributed by atoms with Gasteiger partial charge in [-0.1, -0.05) is 12.1 Å². The van der Waals surface area contributed by atoms with Crippen LogP contribution in [0.1, 0.15) is 26.3 Å². The van der Waals surface area contributed by atoms with Crippen molar-refractivity contribution in [2.75, 3.05) is 32.1 Å². The zero-order valence-electron chi connectivity index (χ0n) is 13.6. The number of nitrogens with zero attached hydrogens (tertiary/aromatic N) is 1. The Bertz CT molecular complexity index is 429. The van der Waals surface area contributed by atoms with Crippen LogP contribution >= 0.6 is 0 Å². The molecule has 21 heavy (non-hydrogen) atoms. The maximum atomic E-state index is 5.79. The first-order chi connectivity index (χ1) is 10.1. The summed E-state index contributed by atoms with van der Waals surface area (Å²) < 4.78 is 11.0. The van der Waals surface area contributed by atoms with Gasteiger partial charge in [0.1, 0.15) is 0 Å². The molecule has 1 aromatic rings. The Morgan fingerprint density at radius 2 is 2.05 bits per heavy atom. The highest BCUT2D eigenvalue weighted by Crippen LogP contribution is 2.17. The average molecular weight is 292 g/mol. The molecule has 0 unspecified atom stereocenters. The topological polar surface area (TPSA) is 33.7 Å². The van der Waals surface area contributed by atoms with Crippen LogP contribution in [0.4, 0.5) is 5.69 Å². The molecule has 4 heteroatoms. The number of ether oxygens (including phenoxy) is 2. The lowest BCUT2D eigenvalue weighted by Gasteiger charge is -2.35. The summed E-state index contributed by atoms with van der Waals surface area (Å²) in [4.78, 5) is 2.47. The molecule has 4 nitrogen and oxygen atoms in total. The van der Waals surface area contributed by atoms with Crippen LogP contribution in [-0.4, -0.2) is 50.0 Å². The lowest BCUT2D eigenvalue weighted by molar-refractivity contribution is -0.0704. The summed E-state index contributed by atoms with van der Waals surface area (Å²) in [5.74, 6) is 0. The van der Waals surface area contributed by atoms with Gasteiger partial charge in [-0.3, -0.25) is 4.90 Å². The largest absolute Gasteiger partial charge is 0.383 e. The van der Waals surface area contributed by atoms with Crippen LogP contribution < -0.4 is 5.32 Å². The van der Waals surface area contributed by atoms with E-state index in [9.17, 15) is 0 Å². The molecule has 0 bridgehead atoms. The Hall–Kier alpha value is -1.10. The molecular formula is C17H28N2O2. The number of methoxy groups -OCH3 is 1. The molecule has 1 fully saturated rings. The fourth-order valence-electron chi connectivity index (χ4n) is 3.01. The van der Waals surface area contributed by atoms with Gasteiger partial charge in [-0.15, -0.1) is 0 Å². The van der Waals surface area contributed by atoms with Crippen LogP contribution in [0.5, 0.6) is 0 Å². The first-order valence-corrected chi connectivity index (χ1v) is 7.79. The highest BCUT2D eigenvalue weighted by molar-refractivity contribution is 5.46. The van der Waals surface area contributed by atoms with E-state index < -0.39 is 0 Å². The molecule has 0 saturated carbocycles. The molecule has 3 atom stereocenters. The predicted molar refractivity (Wildman–Crippen MR) is 86.7 cm³/mol. The third-order valence-corrected chi connectivity index (χ3v) is 3.66.